The molecule has 0 aliphatic heterocycles. The zero-order valence-electron chi connectivity index (χ0n) is 10.2. The number of anilines is 2. The molecule has 2 aromatic rings. The van der Waals surface area contributed by atoms with E-state index in [1.165, 1.54) is 13.2 Å². The van der Waals surface area contributed by atoms with Gasteiger partial charge in [0.1, 0.15) is 5.75 Å². The van der Waals surface area contributed by atoms with Gasteiger partial charge in [-0.15, -0.1) is 0 Å². The summed E-state index contributed by atoms with van der Waals surface area (Å²) in [6, 6.07) is 12.9. The maximum atomic E-state index is 12.8. The van der Waals surface area contributed by atoms with Crippen LogP contribution in [-0.2, 0) is 6.18 Å². The summed E-state index contributed by atoms with van der Waals surface area (Å²) in [5, 5.41) is 2.91. The topological polar surface area (TPSA) is 21.3 Å². The van der Waals surface area contributed by atoms with Crippen LogP contribution < -0.4 is 10.1 Å². The summed E-state index contributed by atoms with van der Waals surface area (Å²) < 4.78 is 43.3. The van der Waals surface area contributed by atoms with E-state index in [-0.39, 0.29) is 5.75 Å². The molecular weight excluding hydrogens is 255 g/mol. The maximum Gasteiger partial charge on any atom is 0.420 e. The first-order valence-corrected chi connectivity index (χ1v) is 5.58. The molecule has 0 unspecified atom stereocenters. The van der Waals surface area contributed by atoms with Gasteiger partial charge < -0.3 is 10.1 Å². The molecule has 2 nitrogen and oxygen atoms in total. The molecule has 2 aromatic carbocycles. The van der Waals surface area contributed by atoms with Crippen molar-refractivity contribution in [2.45, 2.75) is 6.18 Å². The first-order valence-electron chi connectivity index (χ1n) is 5.58. The maximum absolute atomic E-state index is 12.8. The number of alkyl halides is 3. The average Bonchev–Trinajstić information content (AvgIpc) is 2.39. The number of methoxy groups -OCH3 is 1. The zero-order chi connectivity index (χ0) is 13.9. The Kier molecular flexibility index (Phi) is 3.64. The molecule has 0 aromatic heterocycles. The predicted octanol–water partition coefficient (Wildman–Crippen LogP) is 4.46. The smallest absolute Gasteiger partial charge is 0.420 e. The van der Waals surface area contributed by atoms with E-state index in [4.69, 9.17) is 4.74 Å². The average molecular weight is 267 g/mol. The minimum atomic E-state index is -4.44. The molecule has 0 bridgehead atoms. The first kappa shape index (κ1) is 13.3. The van der Waals surface area contributed by atoms with E-state index in [0.29, 0.717) is 5.69 Å². The van der Waals surface area contributed by atoms with Gasteiger partial charge in [-0.1, -0.05) is 18.2 Å². The van der Waals surface area contributed by atoms with Gasteiger partial charge in [0.25, 0.3) is 0 Å². The third-order valence-corrected chi connectivity index (χ3v) is 2.57. The highest BCUT2D eigenvalue weighted by atomic mass is 19.4. The van der Waals surface area contributed by atoms with Crippen LogP contribution in [0.15, 0.2) is 48.5 Å². The van der Waals surface area contributed by atoms with E-state index < -0.39 is 11.7 Å². The van der Waals surface area contributed by atoms with E-state index >= 15 is 0 Å². The number of nitrogens with one attached hydrogen (secondary N) is 1. The second-order valence-corrected chi connectivity index (χ2v) is 3.90. The zero-order valence-corrected chi connectivity index (χ0v) is 10.2. The molecule has 0 saturated heterocycles. The van der Waals surface area contributed by atoms with Crippen molar-refractivity contribution in [3.8, 4) is 5.75 Å². The van der Waals surface area contributed by atoms with Crippen LogP contribution in [0.2, 0.25) is 0 Å². The standard InChI is InChI=1S/C14H12F3NO/c1-19-13-8-7-11(9-12(13)14(15,16)17)18-10-5-3-2-4-6-10/h2-9,18H,1H3. The molecule has 2 rings (SSSR count). The van der Waals surface area contributed by atoms with Gasteiger partial charge in [-0.25, -0.2) is 0 Å². The second-order valence-electron chi connectivity index (χ2n) is 3.90. The molecule has 0 heterocycles. The summed E-state index contributed by atoms with van der Waals surface area (Å²) in [5.41, 5.74) is 0.288. The van der Waals surface area contributed by atoms with Crippen LogP contribution in [0.4, 0.5) is 24.5 Å². The van der Waals surface area contributed by atoms with Crippen molar-refractivity contribution >= 4 is 11.4 Å². The summed E-state index contributed by atoms with van der Waals surface area (Å²) in [6.45, 7) is 0. The largest absolute Gasteiger partial charge is 0.496 e. The van der Waals surface area contributed by atoms with Crippen LogP contribution >= 0.6 is 0 Å². The lowest BCUT2D eigenvalue weighted by molar-refractivity contribution is -0.138. The summed E-state index contributed by atoms with van der Waals surface area (Å²) in [5.74, 6) is -0.189. The van der Waals surface area contributed by atoms with Crippen molar-refractivity contribution in [3.05, 3.63) is 54.1 Å². The molecular formula is C14H12F3NO. The molecule has 0 atom stereocenters. The lowest BCUT2D eigenvalue weighted by Crippen LogP contribution is -2.08. The van der Waals surface area contributed by atoms with E-state index in [0.717, 1.165) is 11.8 Å². The second kappa shape index (κ2) is 5.22. The van der Waals surface area contributed by atoms with Gasteiger partial charge in [-0.3, -0.25) is 0 Å². The van der Waals surface area contributed by atoms with Crippen LogP contribution in [0.1, 0.15) is 5.56 Å². The molecule has 0 spiro atoms. The van der Waals surface area contributed by atoms with Gasteiger partial charge in [-0.05, 0) is 30.3 Å². The number of halogens is 3. The van der Waals surface area contributed by atoms with Crippen molar-refractivity contribution in [1.29, 1.82) is 0 Å². The fourth-order valence-electron chi connectivity index (χ4n) is 1.70. The quantitative estimate of drug-likeness (QED) is 0.886. The normalized spacial score (nSPS) is 11.2. The molecule has 0 fully saturated rings. The Bertz CT molecular complexity index is 552. The molecule has 0 aliphatic rings. The van der Waals surface area contributed by atoms with Crippen LogP contribution in [0.3, 0.4) is 0 Å². The Morgan fingerprint density at radius 3 is 2.21 bits per heavy atom. The Balaban J connectivity index is 2.33. The van der Waals surface area contributed by atoms with Gasteiger partial charge >= 0.3 is 6.18 Å². The number of ether oxygens (including phenoxy) is 1. The Morgan fingerprint density at radius 1 is 0.947 bits per heavy atom. The highest BCUT2D eigenvalue weighted by Gasteiger charge is 2.34. The fourth-order valence-corrected chi connectivity index (χ4v) is 1.70. The fraction of sp³-hybridized carbons (Fsp3) is 0.143. The summed E-state index contributed by atoms with van der Waals surface area (Å²) >= 11 is 0. The minimum absolute atomic E-state index is 0.189. The van der Waals surface area contributed by atoms with Crippen molar-refractivity contribution in [3.63, 3.8) is 0 Å². The lowest BCUT2D eigenvalue weighted by Gasteiger charge is -2.14. The number of benzene rings is 2. The summed E-state index contributed by atoms with van der Waals surface area (Å²) in [6.07, 6.45) is -4.44. The van der Waals surface area contributed by atoms with E-state index in [2.05, 4.69) is 5.32 Å². The SMILES string of the molecule is COc1ccc(Nc2ccccc2)cc1C(F)(F)F. The molecule has 1 N–H and O–H groups in total. The van der Waals surface area contributed by atoms with E-state index in [1.807, 2.05) is 6.07 Å². The van der Waals surface area contributed by atoms with Crippen molar-refractivity contribution < 1.29 is 17.9 Å². The van der Waals surface area contributed by atoms with Gasteiger partial charge in [0, 0.05) is 11.4 Å². The van der Waals surface area contributed by atoms with Crippen molar-refractivity contribution in [1.82, 2.24) is 0 Å². The molecule has 5 heteroatoms. The van der Waals surface area contributed by atoms with Crippen molar-refractivity contribution in [2.75, 3.05) is 12.4 Å². The van der Waals surface area contributed by atoms with Gasteiger partial charge in [0.05, 0.1) is 12.7 Å². The summed E-state index contributed by atoms with van der Waals surface area (Å²) in [7, 11) is 1.22. The predicted molar refractivity (Wildman–Crippen MR) is 67.7 cm³/mol. The highest BCUT2D eigenvalue weighted by Crippen LogP contribution is 2.38. The number of hydrogen-bond donors (Lipinski definition) is 1. The Morgan fingerprint density at radius 2 is 1.63 bits per heavy atom. The van der Waals surface area contributed by atoms with Crippen LogP contribution in [-0.4, -0.2) is 7.11 Å². The van der Waals surface area contributed by atoms with Crippen LogP contribution in [0.5, 0.6) is 5.75 Å². The third-order valence-electron chi connectivity index (χ3n) is 2.57. The summed E-state index contributed by atoms with van der Waals surface area (Å²) in [4.78, 5) is 0. The molecule has 0 aliphatic carbocycles. The number of rotatable bonds is 3. The molecule has 19 heavy (non-hydrogen) atoms. The van der Waals surface area contributed by atoms with Gasteiger partial charge in [0.2, 0.25) is 0 Å². The van der Waals surface area contributed by atoms with Crippen molar-refractivity contribution in [2.24, 2.45) is 0 Å². The van der Waals surface area contributed by atoms with E-state index in [9.17, 15) is 13.2 Å². The van der Waals surface area contributed by atoms with Gasteiger partial charge in [0.15, 0.2) is 0 Å². The Labute approximate surface area is 108 Å². The molecule has 0 amide bonds. The van der Waals surface area contributed by atoms with E-state index in [1.54, 1.807) is 30.3 Å². The lowest BCUT2D eigenvalue weighted by atomic mass is 10.1. The molecule has 0 saturated carbocycles. The van der Waals surface area contributed by atoms with Gasteiger partial charge in [-0.2, -0.15) is 13.2 Å². The highest BCUT2D eigenvalue weighted by molar-refractivity contribution is 5.62. The third kappa shape index (κ3) is 3.19. The minimum Gasteiger partial charge on any atom is -0.496 e. The van der Waals surface area contributed by atoms with Crippen LogP contribution in [0, 0.1) is 0 Å². The number of para-hydroxylation sites is 1. The molecule has 100 valence electrons. The van der Waals surface area contributed by atoms with Crippen LogP contribution in [0.25, 0.3) is 0 Å². The number of hydrogen-bond acceptors (Lipinski definition) is 2. The molecule has 0 radical (unpaired) electrons. The first-order chi connectivity index (χ1) is 9.00. The Hall–Kier alpha value is -2.17. The monoisotopic (exact) mass is 267 g/mol.